The standard InChI is InChI=1S/C15H10BrClN2/c16-15-13(10-6-2-1-3-7-10)14(17)11-8-4-5-9-12(11)18-19-15/h1-9,18H. The third-order valence-electron chi connectivity index (χ3n) is 2.93. The topological polar surface area (TPSA) is 24.4 Å². The molecule has 0 atom stereocenters. The number of halogens is 2. The lowest BCUT2D eigenvalue weighted by Crippen LogP contribution is -1.95. The Labute approximate surface area is 124 Å². The Bertz CT molecular complexity index is 678. The fourth-order valence-electron chi connectivity index (χ4n) is 2.01. The fourth-order valence-corrected chi connectivity index (χ4v) is 3.01. The molecule has 0 amide bonds. The number of hydrogen-bond donors (Lipinski definition) is 1. The largest absolute Gasteiger partial charge is 0.277 e. The summed E-state index contributed by atoms with van der Waals surface area (Å²) in [6.07, 6.45) is 0. The van der Waals surface area contributed by atoms with Crippen molar-refractivity contribution in [3.63, 3.8) is 0 Å². The van der Waals surface area contributed by atoms with E-state index in [9.17, 15) is 0 Å². The highest BCUT2D eigenvalue weighted by molar-refractivity contribution is 9.18. The monoisotopic (exact) mass is 332 g/mol. The lowest BCUT2D eigenvalue weighted by molar-refractivity contribution is 1.35. The van der Waals surface area contributed by atoms with Gasteiger partial charge in [0.05, 0.1) is 10.7 Å². The molecule has 0 saturated heterocycles. The second-order valence-electron chi connectivity index (χ2n) is 4.12. The second-order valence-corrected chi connectivity index (χ2v) is 5.24. The Morgan fingerprint density at radius 2 is 1.63 bits per heavy atom. The molecule has 0 radical (unpaired) electrons. The number of hydrogen-bond acceptors (Lipinski definition) is 2. The molecule has 0 fully saturated rings. The molecule has 0 bridgehead atoms. The quantitative estimate of drug-likeness (QED) is 0.786. The van der Waals surface area contributed by atoms with Crippen LogP contribution in [0.1, 0.15) is 11.1 Å². The first kappa shape index (κ1) is 12.5. The van der Waals surface area contributed by atoms with E-state index in [1.54, 1.807) is 0 Å². The van der Waals surface area contributed by atoms with Crippen LogP contribution in [-0.2, 0) is 0 Å². The first-order chi connectivity index (χ1) is 9.27. The van der Waals surface area contributed by atoms with E-state index in [0.717, 1.165) is 22.4 Å². The average molecular weight is 334 g/mol. The van der Waals surface area contributed by atoms with E-state index < -0.39 is 0 Å². The minimum Gasteiger partial charge on any atom is -0.277 e. The molecule has 0 saturated carbocycles. The molecule has 0 aromatic heterocycles. The number of nitrogens with zero attached hydrogens (tertiary/aromatic N) is 1. The summed E-state index contributed by atoms with van der Waals surface area (Å²) in [7, 11) is 0. The van der Waals surface area contributed by atoms with Crippen molar-refractivity contribution in [1.29, 1.82) is 0 Å². The highest BCUT2D eigenvalue weighted by Gasteiger charge is 2.19. The van der Waals surface area contributed by atoms with Gasteiger partial charge in [0.1, 0.15) is 4.62 Å². The van der Waals surface area contributed by atoms with Crippen molar-refractivity contribution >= 4 is 48.4 Å². The van der Waals surface area contributed by atoms with E-state index >= 15 is 0 Å². The van der Waals surface area contributed by atoms with Crippen LogP contribution in [0.15, 0.2) is 59.7 Å². The smallest absolute Gasteiger partial charge is 0.135 e. The van der Waals surface area contributed by atoms with Gasteiger partial charge >= 0.3 is 0 Å². The van der Waals surface area contributed by atoms with Gasteiger partial charge in [-0.05, 0) is 27.6 Å². The molecule has 2 nitrogen and oxygen atoms in total. The van der Waals surface area contributed by atoms with Crippen molar-refractivity contribution in [1.82, 2.24) is 0 Å². The highest BCUT2D eigenvalue weighted by Crippen LogP contribution is 2.37. The second kappa shape index (κ2) is 5.19. The molecular weight excluding hydrogens is 324 g/mol. The minimum absolute atomic E-state index is 0.683. The maximum atomic E-state index is 6.58. The van der Waals surface area contributed by atoms with Crippen LogP contribution in [0.25, 0.3) is 10.6 Å². The van der Waals surface area contributed by atoms with E-state index in [-0.39, 0.29) is 0 Å². The zero-order valence-electron chi connectivity index (χ0n) is 9.90. The van der Waals surface area contributed by atoms with Gasteiger partial charge in [0.2, 0.25) is 0 Å². The molecule has 1 N–H and O–H groups in total. The zero-order valence-corrected chi connectivity index (χ0v) is 12.2. The number of nitrogens with one attached hydrogen (secondary N) is 1. The summed E-state index contributed by atoms with van der Waals surface area (Å²) in [4.78, 5) is 0. The average Bonchev–Trinajstić information content (AvgIpc) is 2.58. The molecule has 4 heteroatoms. The summed E-state index contributed by atoms with van der Waals surface area (Å²) in [5, 5.41) is 5.00. The first-order valence-electron chi connectivity index (χ1n) is 5.81. The predicted octanol–water partition coefficient (Wildman–Crippen LogP) is 4.93. The lowest BCUT2D eigenvalue weighted by Gasteiger charge is -2.08. The molecule has 1 heterocycles. The van der Waals surface area contributed by atoms with Gasteiger partial charge in [0.25, 0.3) is 0 Å². The van der Waals surface area contributed by atoms with Crippen molar-refractivity contribution < 1.29 is 0 Å². The molecule has 19 heavy (non-hydrogen) atoms. The van der Waals surface area contributed by atoms with Crippen molar-refractivity contribution in [3.05, 3.63) is 65.7 Å². The van der Waals surface area contributed by atoms with Crippen molar-refractivity contribution in [2.75, 3.05) is 5.43 Å². The van der Waals surface area contributed by atoms with Crippen LogP contribution in [0.4, 0.5) is 5.69 Å². The maximum absolute atomic E-state index is 6.58. The lowest BCUT2D eigenvalue weighted by atomic mass is 10.0. The van der Waals surface area contributed by atoms with E-state index in [1.165, 1.54) is 0 Å². The molecule has 0 spiro atoms. The van der Waals surface area contributed by atoms with Crippen molar-refractivity contribution in [3.8, 4) is 0 Å². The normalized spacial score (nSPS) is 14.3. The highest BCUT2D eigenvalue weighted by atomic mass is 79.9. The summed E-state index contributed by atoms with van der Waals surface area (Å²) >= 11 is 10.1. The van der Waals surface area contributed by atoms with Gasteiger partial charge in [-0.3, -0.25) is 5.43 Å². The number of para-hydroxylation sites is 1. The van der Waals surface area contributed by atoms with Crippen LogP contribution in [0, 0.1) is 0 Å². The van der Waals surface area contributed by atoms with Crippen LogP contribution in [0.2, 0.25) is 0 Å². The van der Waals surface area contributed by atoms with Gasteiger partial charge in [-0.1, -0.05) is 60.1 Å². The van der Waals surface area contributed by atoms with E-state index in [4.69, 9.17) is 11.6 Å². The van der Waals surface area contributed by atoms with Gasteiger partial charge in [0, 0.05) is 11.1 Å². The molecular formula is C15H10BrClN2. The van der Waals surface area contributed by atoms with E-state index in [2.05, 4.69) is 26.5 Å². The third-order valence-corrected chi connectivity index (χ3v) is 3.89. The van der Waals surface area contributed by atoms with E-state index in [0.29, 0.717) is 9.65 Å². The molecule has 0 unspecified atom stereocenters. The number of hydrazone groups is 1. The summed E-state index contributed by atoms with van der Waals surface area (Å²) in [5.41, 5.74) is 6.78. The molecule has 3 rings (SSSR count). The molecule has 1 aliphatic heterocycles. The van der Waals surface area contributed by atoms with Gasteiger partial charge < -0.3 is 0 Å². The summed E-state index contributed by atoms with van der Waals surface area (Å²) < 4.78 is 0.694. The van der Waals surface area contributed by atoms with Gasteiger partial charge in [0.15, 0.2) is 0 Å². The SMILES string of the molecule is ClC1=C(c2ccccc2)C(Br)=NNc2ccccc21. The number of rotatable bonds is 1. The molecule has 0 aliphatic carbocycles. The van der Waals surface area contributed by atoms with Gasteiger partial charge in [-0.2, -0.15) is 5.10 Å². The Balaban J connectivity index is 2.26. The fraction of sp³-hybridized carbons (Fsp3) is 0. The number of benzene rings is 2. The molecule has 2 aromatic rings. The number of fused-ring (bicyclic) bond motifs is 1. The first-order valence-corrected chi connectivity index (χ1v) is 6.98. The van der Waals surface area contributed by atoms with Crippen LogP contribution in [0.5, 0.6) is 0 Å². The van der Waals surface area contributed by atoms with Gasteiger partial charge in [-0.25, -0.2) is 0 Å². The Morgan fingerprint density at radius 1 is 0.947 bits per heavy atom. The predicted molar refractivity (Wildman–Crippen MR) is 85.5 cm³/mol. The van der Waals surface area contributed by atoms with Crippen LogP contribution >= 0.6 is 27.5 Å². The summed E-state index contributed by atoms with van der Waals surface area (Å²) in [6.45, 7) is 0. The number of allylic oxidation sites excluding steroid dienone is 1. The molecule has 94 valence electrons. The molecule has 2 aromatic carbocycles. The number of anilines is 1. The van der Waals surface area contributed by atoms with Crippen LogP contribution in [0.3, 0.4) is 0 Å². The minimum atomic E-state index is 0.683. The Hall–Kier alpha value is -1.58. The molecule has 1 aliphatic rings. The van der Waals surface area contributed by atoms with Crippen LogP contribution in [-0.4, -0.2) is 4.62 Å². The van der Waals surface area contributed by atoms with E-state index in [1.807, 2.05) is 54.6 Å². The zero-order chi connectivity index (χ0) is 13.2. The summed E-state index contributed by atoms with van der Waals surface area (Å²) in [6, 6.07) is 17.8. The third kappa shape index (κ3) is 2.31. The van der Waals surface area contributed by atoms with Gasteiger partial charge in [-0.15, -0.1) is 0 Å². The Kier molecular flexibility index (Phi) is 3.40. The Morgan fingerprint density at radius 3 is 2.42 bits per heavy atom. The summed E-state index contributed by atoms with van der Waals surface area (Å²) in [5.74, 6) is 0. The van der Waals surface area contributed by atoms with Crippen LogP contribution < -0.4 is 5.43 Å². The van der Waals surface area contributed by atoms with Crippen molar-refractivity contribution in [2.45, 2.75) is 0 Å². The van der Waals surface area contributed by atoms with Crippen molar-refractivity contribution in [2.24, 2.45) is 5.10 Å². The maximum Gasteiger partial charge on any atom is 0.135 e.